The van der Waals surface area contributed by atoms with Gasteiger partial charge in [-0.1, -0.05) is 133 Å². The maximum absolute atomic E-state index is 2.38. The molecule has 0 bridgehead atoms. The van der Waals surface area contributed by atoms with Crippen molar-refractivity contribution in [3.05, 3.63) is 224 Å². The minimum absolute atomic E-state index is 1.10. The molecule has 0 atom stereocenters. The summed E-state index contributed by atoms with van der Waals surface area (Å²) in [7, 11) is 0. The Morgan fingerprint density at radius 3 is 1.23 bits per heavy atom. The summed E-state index contributed by atoms with van der Waals surface area (Å²) in [5.74, 6) is 0. The molecule has 57 heavy (non-hydrogen) atoms. The fourth-order valence-electron chi connectivity index (χ4n) is 8.66. The zero-order chi connectivity index (χ0) is 37.7. The fourth-order valence-corrected chi connectivity index (χ4v) is 8.66. The zero-order valence-corrected chi connectivity index (χ0v) is 31.2. The number of hydrogen-bond acceptors (Lipinski definition) is 1. The van der Waals surface area contributed by atoms with E-state index in [4.69, 9.17) is 0 Å². The molecule has 0 radical (unpaired) electrons. The molecule has 268 valence electrons. The van der Waals surface area contributed by atoms with Gasteiger partial charge in [-0.25, -0.2) is 0 Å². The monoisotopic (exact) mass is 727 g/mol. The molecular weight excluding hydrogens is 691 g/mol. The predicted octanol–water partition coefficient (Wildman–Crippen LogP) is 14.7. The van der Waals surface area contributed by atoms with Gasteiger partial charge >= 0.3 is 0 Å². The summed E-state index contributed by atoms with van der Waals surface area (Å²) < 4.78 is 4.74. The van der Waals surface area contributed by atoms with E-state index in [0.29, 0.717) is 0 Å². The van der Waals surface area contributed by atoms with Crippen molar-refractivity contribution in [3.8, 4) is 33.6 Å². The lowest BCUT2D eigenvalue weighted by Crippen LogP contribution is -2.09. The Balaban J connectivity index is 0.938. The Bertz CT molecular complexity index is 3160. The molecule has 0 saturated heterocycles. The van der Waals surface area contributed by atoms with Crippen molar-refractivity contribution >= 4 is 60.7 Å². The van der Waals surface area contributed by atoms with Crippen molar-refractivity contribution in [2.24, 2.45) is 0 Å². The first-order chi connectivity index (χ1) is 28.3. The molecule has 0 unspecified atom stereocenters. The van der Waals surface area contributed by atoms with Gasteiger partial charge in [0.25, 0.3) is 0 Å². The molecule has 0 N–H and O–H groups in total. The molecule has 11 aromatic rings. The van der Waals surface area contributed by atoms with E-state index >= 15 is 0 Å². The van der Waals surface area contributed by atoms with Crippen molar-refractivity contribution < 1.29 is 0 Å². The van der Waals surface area contributed by atoms with Crippen LogP contribution in [0.4, 0.5) is 17.1 Å². The maximum Gasteiger partial charge on any atom is 0.0541 e. The minimum Gasteiger partial charge on any atom is -0.311 e. The van der Waals surface area contributed by atoms with Gasteiger partial charge in [-0.05, 0) is 113 Å². The van der Waals surface area contributed by atoms with Gasteiger partial charge in [-0.15, -0.1) is 0 Å². The molecule has 0 spiro atoms. The first-order valence-corrected chi connectivity index (χ1v) is 19.5. The van der Waals surface area contributed by atoms with Gasteiger partial charge < -0.3 is 14.0 Å². The molecular formula is C54H37N3. The number of anilines is 3. The Morgan fingerprint density at radius 2 is 0.649 bits per heavy atom. The van der Waals surface area contributed by atoms with Crippen LogP contribution in [0.5, 0.6) is 0 Å². The second-order valence-electron chi connectivity index (χ2n) is 14.6. The molecule has 3 heteroatoms. The summed E-state index contributed by atoms with van der Waals surface area (Å²) >= 11 is 0. The van der Waals surface area contributed by atoms with Gasteiger partial charge in [0.1, 0.15) is 0 Å². The van der Waals surface area contributed by atoms with Crippen molar-refractivity contribution in [1.29, 1.82) is 0 Å². The molecule has 0 aliphatic rings. The lowest BCUT2D eigenvalue weighted by molar-refractivity contribution is 1.18. The smallest absolute Gasteiger partial charge is 0.0541 e. The standard InChI is InChI=1S/C54H37N3/c1-3-15-42(16-4-1)55(44-31-26-38(27-32-44)40-14-13-19-46(36-40)57-51-23-10-7-20-47(51)48-21-8-11-24-52(48)57)45-33-28-39(29-34-45)41-30-35-54-50(37-41)49-22-9-12-25-53(49)56(54)43-17-5-2-6-18-43/h1-37H. The summed E-state index contributed by atoms with van der Waals surface area (Å²) in [6.45, 7) is 0. The van der Waals surface area contributed by atoms with Crippen LogP contribution in [0.25, 0.3) is 77.2 Å². The van der Waals surface area contributed by atoms with Crippen LogP contribution in [0.2, 0.25) is 0 Å². The lowest BCUT2D eigenvalue weighted by Gasteiger charge is -2.26. The van der Waals surface area contributed by atoms with Gasteiger partial charge in [-0.3, -0.25) is 0 Å². The normalized spacial score (nSPS) is 11.5. The molecule has 0 aliphatic carbocycles. The molecule has 2 aromatic heterocycles. The van der Waals surface area contributed by atoms with Crippen LogP contribution in [-0.2, 0) is 0 Å². The third kappa shape index (κ3) is 5.60. The molecule has 0 amide bonds. The molecule has 9 aromatic carbocycles. The summed E-state index contributed by atoms with van der Waals surface area (Å²) in [5, 5.41) is 5.05. The van der Waals surface area contributed by atoms with Gasteiger partial charge in [0.2, 0.25) is 0 Å². The molecule has 0 fully saturated rings. The largest absolute Gasteiger partial charge is 0.311 e. The Kier molecular flexibility index (Phi) is 7.82. The van der Waals surface area contributed by atoms with Crippen LogP contribution in [0.1, 0.15) is 0 Å². The fraction of sp³-hybridized carbons (Fsp3) is 0. The quantitative estimate of drug-likeness (QED) is 0.159. The number of para-hydroxylation sites is 5. The third-order valence-electron chi connectivity index (χ3n) is 11.3. The highest BCUT2D eigenvalue weighted by molar-refractivity contribution is 6.11. The number of hydrogen-bond donors (Lipinski definition) is 0. The number of nitrogens with zero attached hydrogens (tertiary/aromatic N) is 3. The van der Waals surface area contributed by atoms with E-state index in [-0.39, 0.29) is 0 Å². The summed E-state index contributed by atoms with van der Waals surface area (Å²) in [4.78, 5) is 2.33. The average Bonchev–Trinajstić information content (AvgIpc) is 3.80. The average molecular weight is 728 g/mol. The highest BCUT2D eigenvalue weighted by Crippen LogP contribution is 2.39. The molecule has 0 aliphatic heterocycles. The topological polar surface area (TPSA) is 13.1 Å². The molecule has 2 heterocycles. The Hall–Kier alpha value is -7.62. The molecule has 11 rings (SSSR count). The maximum atomic E-state index is 2.38. The van der Waals surface area contributed by atoms with E-state index in [2.05, 4.69) is 238 Å². The van der Waals surface area contributed by atoms with E-state index in [1.165, 1.54) is 71.6 Å². The second kappa shape index (κ2) is 13.6. The van der Waals surface area contributed by atoms with Crippen LogP contribution in [0, 0.1) is 0 Å². The van der Waals surface area contributed by atoms with Crippen LogP contribution >= 0.6 is 0 Å². The summed E-state index contributed by atoms with van der Waals surface area (Å²) in [6.07, 6.45) is 0. The number of benzene rings is 9. The Morgan fingerprint density at radius 1 is 0.246 bits per heavy atom. The van der Waals surface area contributed by atoms with Crippen LogP contribution < -0.4 is 4.90 Å². The highest BCUT2D eigenvalue weighted by atomic mass is 15.1. The van der Waals surface area contributed by atoms with Crippen LogP contribution in [0.15, 0.2) is 224 Å². The van der Waals surface area contributed by atoms with E-state index in [1.54, 1.807) is 0 Å². The van der Waals surface area contributed by atoms with Gasteiger partial charge in [0, 0.05) is 50.0 Å². The van der Waals surface area contributed by atoms with Gasteiger partial charge in [0.15, 0.2) is 0 Å². The van der Waals surface area contributed by atoms with E-state index in [9.17, 15) is 0 Å². The van der Waals surface area contributed by atoms with Gasteiger partial charge in [0.05, 0.1) is 22.1 Å². The van der Waals surface area contributed by atoms with Crippen molar-refractivity contribution in [2.45, 2.75) is 0 Å². The number of fused-ring (bicyclic) bond motifs is 6. The first kappa shape index (κ1) is 32.8. The van der Waals surface area contributed by atoms with E-state index in [0.717, 1.165) is 22.7 Å². The number of rotatable bonds is 7. The molecule has 3 nitrogen and oxygen atoms in total. The lowest BCUT2D eigenvalue weighted by atomic mass is 10.0. The molecule has 0 saturated carbocycles. The van der Waals surface area contributed by atoms with E-state index < -0.39 is 0 Å². The first-order valence-electron chi connectivity index (χ1n) is 19.5. The summed E-state index contributed by atoms with van der Waals surface area (Å²) in [6, 6.07) is 81.0. The van der Waals surface area contributed by atoms with Crippen molar-refractivity contribution in [3.63, 3.8) is 0 Å². The van der Waals surface area contributed by atoms with E-state index in [1.807, 2.05) is 0 Å². The summed E-state index contributed by atoms with van der Waals surface area (Å²) in [5.41, 5.74) is 15.2. The zero-order valence-electron chi connectivity index (χ0n) is 31.2. The predicted molar refractivity (Wildman–Crippen MR) is 241 cm³/mol. The van der Waals surface area contributed by atoms with Crippen LogP contribution in [-0.4, -0.2) is 9.13 Å². The van der Waals surface area contributed by atoms with Crippen molar-refractivity contribution in [2.75, 3.05) is 4.90 Å². The highest BCUT2D eigenvalue weighted by Gasteiger charge is 2.16. The van der Waals surface area contributed by atoms with Crippen molar-refractivity contribution in [1.82, 2.24) is 9.13 Å². The van der Waals surface area contributed by atoms with Crippen LogP contribution in [0.3, 0.4) is 0 Å². The number of aromatic nitrogens is 2. The minimum atomic E-state index is 1.10. The van der Waals surface area contributed by atoms with Gasteiger partial charge in [-0.2, -0.15) is 0 Å². The third-order valence-corrected chi connectivity index (χ3v) is 11.3. The SMILES string of the molecule is c1ccc(N(c2ccc(-c3cccc(-n4c5ccccc5c5ccccc54)c3)cc2)c2ccc(-c3ccc4c(c3)c3ccccc3n4-c3ccccc3)cc2)cc1. The Labute approximate surface area is 331 Å². The second-order valence-corrected chi connectivity index (χ2v) is 14.6.